The van der Waals surface area contributed by atoms with Crippen molar-refractivity contribution >= 4 is 15.9 Å². The molecule has 1 heterocycles. The Morgan fingerprint density at radius 2 is 2.17 bits per heavy atom. The van der Waals surface area contributed by atoms with Crippen molar-refractivity contribution in [3.63, 3.8) is 0 Å². The summed E-state index contributed by atoms with van der Waals surface area (Å²) in [6.45, 7) is 0. The van der Waals surface area contributed by atoms with Crippen molar-refractivity contribution in [1.82, 2.24) is 10.1 Å². The van der Waals surface area contributed by atoms with E-state index in [9.17, 15) is 4.39 Å². The van der Waals surface area contributed by atoms with Gasteiger partial charge in [-0.3, -0.25) is 0 Å². The van der Waals surface area contributed by atoms with Gasteiger partial charge in [0.25, 0.3) is 0 Å². The van der Waals surface area contributed by atoms with E-state index in [4.69, 9.17) is 10.3 Å². The van der Waals surface area contributed by atoms with Gasteiger partial charge in [0.15, 0.2) is 0 Å². The van der Waals surface area contributed by atoms with Crippen LogP contribution in [0.25, 0.3) is 11.4 Å². The van der Waals surface area contributed by atoms with E-state index in [2.05, 4.69) is 26.1 Å². The first-order valence-electron chi connectivity index (χ1n) is 5.69. The van der Waals surface area contributed by atoms with Crippen molar-refractivity contribution in [3.8, 4) is 11.4 Å². The van der Waals surface area contributed by atoms with Crippen molar-refractivity contribution in [2.45, 2.75) is 18.9 Å². The zero-order chi connectivity index (χ0) is 12.7. The number of rotatable bonds is 3. The number of nitrogens with zero attached hydrogens (tertiary/aromatic N) is 2. The molecular weight excluding hydrogens is 301 g/mol. The molecule has 1 aromatic carbocycles. The predicted octanol–water partition coefficient (Wildman–Crippen LogP) is 3.05. The molecule has 1 aromatic heterocycles. The van der Waals surface area contributed by atoms with E-state index in [1.54, 1.807) is 6.07 Å². The summed E-state index contributed by atoms with van der Waals surface area (Å²) in [5, 5.41) is 3.85. The topological polar surface area (TPSA) is 64.9 Å². The van der Waals surface area contributed by atoms with E-state index < -0.39 is 0 Å². The lowest BCUT2D eigenvalue weighted by molar-refractivity contribution is 0.343. The van der Waals surface area contributed by atoms with E-state index in [0.717, 1.165) is 12.8 Å². The van der Waals surface area contributed by atoms with E-state index in [1.807, 2.05) is 0 Å². The second-order valence-corrected chi connectivity index (χ2v) is 5.39. The number of halogens is 2. The van der Waals surface area contributed by atoms with Crippen molar-refractivity contribution in [2.24, 2.45) is 11.7 Å². The molecule has 2 N–H and O–H groups in total. The molecule has 2 aromatic rings. The monoisotopic (exact) mass is 311 g/mol. The normalized spacial score (nSPS) is 16.8. The highest BCUT2D eigenvalue weighted by Gasteiger charge is 2.33. The minimum absolute atomic E-state index is 0.205. The third-order valence-electron chi connectivity index (χ3n) is 2.98. The van der Waals surface area contributed by atoms with Crippen LogP contribution in [-0.4, -0.2) is 10.1 Å². The first-order chi connectivity index (χ1) is 8.63. The molecule has 1 aliphatic rings. The van der Waals surface area contributed by atoms with Crippen molar-refractivity contribution in [3.05, 3.63) is 34.4 Å². The molecule has 4 nitrogen and oxygen atoms in total. The maximum absolute atomic E-state index is 13.3. The highest BCUT2D eigenvalue weighted by atomic mass is 79.9. The summed E-state index contributed by atoms with van der Waals surface area (Å²) in [5.41, 5.74) is 6.54. The van der Waals surface area contributed by atoms with Crippen molar-refractivity contribution in [1.29, 1.82) is 0 Å². The number of hydrogen-bond acceptors (Lipinski definition) is 4. The first-order valence-corrected chi connectivity index (χ1v) is 6.48. The van der Waals surface area contributed by atoms with Crippen LogP contribution in [0.3, 0.4) is 0 Å². The Morgan fingerprint density at radius 1 is 1.39 bits per heavy atom. The van der Waals surface area contributed by atoms with E-state index in [0.29, 0.717) is 27.7 Å². The van der Waals surface area contributed by atoms with Gasteiger partial charge in [0, 0.05) is 10.0 Å². The molecule has 18 heavy (non-hydrogen) atoms. The number of nitrogens with two attached hydrogens (primary N) is 1. The van der Waals surface area contributed by atoms with Crippen LogP contribution in [0.2, 0.25) is 0 Å². The van der Waals surface area contributed by atoms with Crippen LogP contribution in [0.15, 0.2) is 27.2 Å². The third-order valence-corrected chi connectivity index (χ3v) is 3.44. The Kier molecular flexibility index (Phi) is 2.91. The highest BCUT2D eigenvalue weighted by Crippen LogP contribution is 2.39. The smallest absolute Gasteiger partial charge is 0.244 e. The maximum Gasteiger partial charge on any atom is 0.244 e. The first kappa shape index (κ1) is 11.8. The SMILES string of the molecule is NC(c1nc(-c2cc(F)cc(Br)c2)no1)C1CC1. The molecular formula is C12H11BrFN3O. The Labute approximate surface area is 112 Å². The maximum atomic E-state index is 13.3. The minimum Gasteiger partial charge on any atom is -0.337 e. The fraction of sp³-hybridized carbons (Fsp3) is 0.333. The molecule has 1 fully saturated rings. The van der Waals surface area contributed by atoms with Crippen molar-refractivity contribution < 1.29 is 8.91 Å². The van der Waals surface area contributed by atoms with Gasteiger partial charge in [0.2, 0.25) is 11.7 Å². The molecule has 0 radical (unpaired) electrons. The van der Waals surface area contributed by atoms with Gasteiger partial charge in [0.05, 0.1) is 6.04 Å². The standard InChI is InChI=1S/C12H11BrFN3O/c13-8-3-7(4-9(14)5-8)11-16-12(18-17-11)10(15)6-1-2-6/h3-6,10H,1-2,15H2. The summed E-state index contributed by atoms with van der Waals surface area (Å²) in [4.78, 5) is 4.23. The molecule has 0 aliphatic heterocycles. The van der Waals surface area contributed by atoms with Gasteiger partial charge in [-0.15, -0.1) is 0 Å². The van der Waals surface area contributed by atoms with Gasteiger partial charge in [-0.2, -0.15) is 4.98 Å². The molecule has 0 amide bonds. The largest absolute Gasteiger partial charge is 0.337 e. The average molecular weight is 312 g/mol. The number of benzene rings is 1. The van der Waals surface area contributed by atoms with Crippen molar-refractivity contribution in [2.75, 3.05) is 0 Å². The lowest BCUT2D eigenvalue weighted by Crippen LogP contribution is -2.12. The fourth-order valence-corrected chi connectivity index (χ4v) is 2.29. The summed E-state index contributed by atoms with van der Waals surface area (Å²) >= 11 is 3.23. The molecule has 1 atom stereocenters. The fourth-order valence-electron chi connectivity index (χ4n) is 1.83. The van der Waals surface area contributed by atoms with Gasteiger partial charge in [0.1, 0.15) is 5.82 Å². The molecule has 1 aliphatic carbocycles. The van der Waals surface area contributed by atoms with Gasteiger partial charge < -0.3 is 10.3 Å². The number of aromatic nitrogens is 2. The average Bonchev–Trinajstić information content (AvgIpc) is 3.04. The molecule has 3 rings (SSSR count). The van der Waals surface area contributed by atoms with Crippen LogP contribution in [0.1, 0.15) is 24.8 Å². The lowest BCUT2D eigenvalue weighted by Gasteiger charge is -2.01. The summed E-state index contributed by atoms with van der Waals surface area (Å²) in [6, 6.07) is 4.27. The molecule has 94 valence electrons. The Bertz CT molecular complexity index is 562. The predicted molar refractivity (Wildman–Crippen MR) is 67.0 cm³/mol. The quantitative estimate of drug-likeness (QED) is 0.946. The van der Waals surface area contributed by atoms with E-state index in [-0.39, 0.29) is 11.9 Å². The van der Waals surface area contributed by atoms with Gasteiger partial charge in [-0.05, 0) is 37.0 Å². The van der Waals surface area contributed by atoms with Crippen LogP contribution in [-0.2, 0) is 0 Å². The van der Waals surface area contributed by atoms with E-state index in [1.165, 1.54) is 12.1 Å². The number of hydrogen-bond donors (Lipinski definition) is 1. The Hall–Kier alpha value is -1.27. The van der Waals surface area contributed by atoms with Crippen LogP contribution in [0, 0.1) is 11.7 Å². The summed E-state index contributed by atoms with van der Waals surface area (Å²) in [5.74, 6) is 0.879. The van der Waals surface area contributed by atoms with Gasteiger partial charge in [-0.1, -0.05) is 21.1 Å². The Morgan fingerprint density at radius 3 is 2.83 bits per heavy atom. The third kappa shape index (κ3) is 2.30. The van der Waals surface area contributed by atoms with Gasteiger partial charge >= 0.3 is 0 Å². The molecule has 0 saturated heterocycles. The lowest BCUT2D eigenvalue weighted by atomic mass is 10.2. The minimum atomic E-state index is -0.350. The molecule has 0 bridgehead atoms. The molecule has 1 saturated carbocycles. The summed E-state index contributed by atoms with van der Waals surface area (Å²) in [7, 11) is 0. The molecule has 6 heteroatoms. The zero-order valence-electron chi connectivity index (χ0n) is 9.44. The van der Waals surface area contributed by atoms with Crippen LogP contribution in [0.4, 0.5) is 4.39 Å². The Balaban J connectivity index is 1.92. The molecule has 0 spiro atoms. The highest BCUT2D eigenvalue weighted by molar-refractivity contribution is 9.10. The van der Waals surface area contributed by atoms with Crippen LogP contribution >= 0.6 is 15.9 Å². The second kappa shape index (κ2) is 4.44. The van der Waals surface area contributed by atoms with Gasteiger partial charge in [-0.25, -0.2) is 4.39 Å². The van der Waals surface area contributed by atoms with Crippen LogP contribution < -0.4 is 5.73 Å². The van der Waals surface area contributed by atoms with Crippen LogP contribution in [0.5, 0.6) is 0 Å². The van der Waals surface area contributed by atoms with E-state index >= 15 is 0 Å². The second-order valence-electron chi connectivity index (χ2n) is 4.48. The molecule has 1 unspecified atom stereocenters. The summed E-state index contributed by atoms with van der Waals surface area (Å²) in [6.07, 6.45) is 2.20. The zero-order valence-corrected chi connectivity index (χ0v) is 11.0. The summed E-state index contributed by atoms with van der Waals surface area (Å²) < 4.78 is 19.0.